The zero-order chi connectivity index (χ0) is 13.6. The number of nitrogens with two attached hydrogens (primary N) is 1. The fraction of sp³-hybridized carbons (Fsp3) is 0.667. The molecule has 1 aromatic rings. The van der Waals surface area contributed by atoms with Crippen LogP contribution in [0.4, 0.5) is 0 Å². The third kappa shape index (κ3) is 2.57. The summed E-state index contributed by atoms with van der Waals surface area (Å²) in [5.41, 5.74) is 8.29. The molecule has 2 heterocycles. The van der Waals surface area contributed by atoms with Gasteiger partial charge in [-0.15, -0.1) is 0 Å². The molecule has 3 heteroatoms. The van der Waals surface area contributed by atoms with E-state index in [1.807, 2.05) is 12.3 Å². The molecular weight excluding hydrogens is 224 g/mol. The number of ether oxygens (including phenoxy) is 1. The Labute approximate surface area is 110 Å². The highest BCUT2D eigenvalue weighted by atomic mass is 16.5. The van der Waals surface area contributed by atoms with E-state index in [2.05, 4.69) is 45.7 Å². The van der Waals surface area contributed by atoms with E-state index in [-0.39, 0.29) is 17.2 Å². The number of hydrogen-bond acceptors (Lipinski definition) is 3. The van der Waals surface area contributed by atoms with E-state index in [9.17, 15) is 0 Å². The van der Waals surface area contributed by atoms with Crippen LogP contribution in [-0.2, 0) is 4.74 Å². The lowest BCUT2D eigenvalue weighted by Crippen LogP contribution is -2.36. The molecule has 0 aliphatic carbocycles. The average Bonchev–Trinajstić information content (AvgIpc) is 2.45. The molecule has 2 atom stereocenters. The summed E-state index contributed by atoms with van der Waals surface area (Å²) >= 11 is 0. The Morgan fingerprint density at radius 3 is 2.56 bits per heavy atom. The summed E-state index contributed by atoms with van der Waals surface area (Å²) < 4.78 is 6.11. The molecule has 18 heavy (non-hydrogen) atoms. The molecule has 2 unspecified atom stereocenters. The van der Waals surface area contributed by atoms with Crippen LogP contribution in [0, 0.1) is 12.8 Å². The number of pyridine rings is 1. The summed E-state index contributed by atoms with van der Waals surface area (Å²) in [6.45, 7) is 10.6. The van der Waals surface area contributed by atoms with Gasteiger partial charge in [-0.25, -0.2) is 0 Å². The first-order valence-electron chi connectivity index (χ1n) is 6.60. The predicted molar refractivity (Wildman–Crippen MR) is 73.3 cm³/mol. The van der Waals surface area contributed by atoms with Crippen molar-refractivity contribution < 1.29 is 4.74 Å². The van der Waals surface area contributed by atoms with Crippen molar-refractivity contribution in [1.82, 2.24) is 4.98 Å². The molecule has 0 radical (unpaired) electrons. The second-order valence-corrected chi connectivity index (χ2v) is 6.56. The van der Waals surface area contributed by atoms with E-state index in [1.165, 1.54) is 5.56 Å². The van der Waals surface area contributed by atoms with E-state index < -0.39 is 0 Å². The van der Waals surface area contributed by atoms with Crippen LogP contribution in [0.1, 0.15) is 51.4 Å². The van der Waals surface area contributed by atoms with Gasteiger partial charge < -0.3 is 10.5 Å². The van der Waals surface area contributed by atoms with Gasteiger partial charge in [0.25, 0.3) is 0 Å². The van der Waals surface area contributed by atoms with Crippen molar-refractivity contribution in [1.29, 1.82) is 0 Å². The van der Waals surface area contributed by atoms with E-state index in [4.69, 9.17) is 10.5 Å². The summed E-state index contributed by atoms with van der Waals surface area (Å²) in [4.78, 5) is 4.42. The highest BCUT2D eigenvalue weighted by Crippen LogP contribution is 2.46. The molecule has 1 aromatic heterocycles. The Bertz CT molecular complexity index is 440. The third-order valence-corrected chi connectivity index (χ3v) is 3.86. The standard InChI is InChI=1S/C15H24N2O/c1-10-6-7-17-12(8-10)13(16)11-9-14(2,3)18-15(11,4)5/h6-8,11,13H,9,16H2,1-5H3. The number of rotatable bonds is 2. The maximum absolute atomic E-state index is 6.42. The van der Waals surface area contributed by atoms with E-state index in [0.717, 1.165) is 12.1 Å². The largest absolute Gasteiger partial charge is 0.369 e. The van der Waals surface area contributed by atoms with E-state index >= 15 is 0 Å². The van der Waals surface area contributed by atoms with E-state index in [0.29, 0.717) is 5.92 Å². The van der Waals surface area contributed by atoms with Crippen molar-refractivity contribution in [3.8, 4) is 0 Å². The zero-order valence-electron chi connectivity index (χ0n) is 12.0. The van der Waals surface area contributed by atoms with Gasteiger partial charge in [0.05, 0.1) is 22.9 Å². The monoisotopic (exact) mass is 248 g/mol. The van der Waals surface area contributed by atoms with Crippen molar-refractivity contribution in [2.75, 3.05) is 0 Å². The van der Waals surface area contributed by atoms with Crippen molar-refractivity contribution in [3.05, 3.63) is 29.6 Å². The Morgan fingerprint density at radius 2 is 2.06 bits per heavy atom. The molecule has 0 bridgehead atoms. The van der Waals surface area contributed by atoms with Gasteiger partial charge in [0.15, 0.2) is 0 Å². The minimum absolute atomic E-state index is 0.0679. The highest BCUT2D eigenvalue weighted by molar-refractivity contribution is 5.19. The van der Waals surface area contributed by atoms with Crippen molar-refractivity contribution in [2.45, 2.75) is 58.3 Å². The molecule has 0 spiro atoms. The van der Waals surface area contributed by atoms with Gasteiger partial charge >= 0.3 is 0 Å². The fourth-order valence-corrected chi connectivity index (χ4v) is 3.11. The van der Waals surface area contributed by atoms with Crippen LogP contribution in [-0.4, -0.2) is 16.2 Å². The van der Waals surface area contributed by atoms with Crippen LogP contribution in [0.5, 0.6) is 0 Å². The third-order valence-electron chi connectivity index (χ3n) is 3.86. The van der Waals surface area contributed by atoms with Crippen LogP contribution in [0.15, 0.2) is 18.3 Å². The van der Waals surface area contributed by atoms with Gasteiger partial charge in [0.2, 0.25) is 0 Å². The Balaban J connectivity index is 2.26. The molecule has 0 aromatic carbocycles. The summed E-state index contributed by atoms with van der Waals surface area (Å²) in [5.74, 6) is 0.293. The second-order valence-electron chi connectivity index (χ2n) is 6.56. The lowest BCUT2D eigenvalue weighted by atomic mass is 9.80. The first kappa shape index (κ1) is 13.5. The smallest absolute Gasteiger partial charge is 0.0681 e. The molecule has 2 N–H and O–H groups in total. The van der Waals surface area contributed by atoms with Gasteiger partial charge in [-0.3, -0.25) is 4.98 Å². The Morgan fingerprint density at radius 1 is 1.39 bits per heavy atom. The molecule has 0 saturated carbocycles. The van der Waals surface area contributed by atoms with Crippen molar-refractivity contribution in [2.24, 2.45) is 11.7 Å². The highest BCUT2D eigenvalue weighted by Gasteiger charge is 2.48. The quantitative estimate of drug-likeness (QED) is 0.875. The van der Waals surface area contributed by atoms with Crippen LogP contribution in [0.3, 0.4) is 0 Å². The summed E-state index contributed by atoms with van der Waals surface area (Å²) in [6.07, 6.45) is 2.80. The lowest BCUT2D eigenvalue weighted by Gasteiger charge is -2.30. The van der Waals surface area contributed by atoms with Crippen LogP contribution < -0.4 is 5.73 Å². The predicted octanol–water partition coefficient (Wildman–Crippen LogP) is 2.98. The number of aromatic nitrogens is 1. The van der Waals surface area contributed by atoms with E-state index in [1.54, 1.807) is 0 Å². The molecule has 1 aliphatic rings. The molecule has 0 amide bonds. The first-order valence-corrected chi connectivity index (χ1v) is 6.60. The summed E-state index contributed by atoms with van der Waals surface area (Å²) in [5, 5.41) is 0. The molecule has 2 rings (SSSR count). The summed E-state index contributed by atoms with van der Waals surface area (Å²) in [7, 11) is 0. The summed E-state index contributed by atoms with van der Waals surface area (Å²) in [6, 6.07) is 4.00. The second kappa shape index (κ2) is 4.32. The maximum Gasteiger partial charge on any atom is 0.0681 e. The maximum atomic E-state index is 6.42. The molecule has 100 valence electrons. The van der Waals surface area contributed by atoms with Gasteiger partial charge in [0, 0.05) is 12.1 Å². The van der Waals surface area contributed by atoms with Crippen LogP contribution in [0.25, 0.3) is 0 Å². The van der Waals surface area contributed by atoms with Crippen LogP contribution >= 0.6 is 0 Å². The number of hydrogen-bond donors (Lipinski definition) is 1. The molecule has 1 saturated heterocycles. The first-order chi connectivity index (χ1) is 8.21. The minimum atomic E-state index is -0.200. The SMILES string of the molecule is Cc1ccnc(C(N)C2CC(C)(C)OC2(C)C)c1. The Hall–Kier alpha value is -0.930. The van der Waals surface area contributed by atoms with Gasteiger partial charge in [0.1, 0.15) is 0 Å². The lowest BCUT2D eigenvalue weighted by molar-refractivity contribution is -0.0768. The van der Waals surface area contributed by atoms with Gasteiger partial charge in [-0.2, -0.15) is 0 Å². The molecule has 1 aliphatic heterocycles. The van der Waals surface area contributed by atoms with Gasteiger partial charge in [-0.05, 0) is 58.7 Å². The number of aryl methyl sites for hydroxylation is 1. The Kier molecular flexibility index (Phi) is 3.24. The average molecular weight is 248 g/mol. The molecule has 1 fully saturated rings. The zero-order valence-corrected chi connectivity index (χ0v) is 12.0. The fourth-order valence-electron chi connectivity index (χ4n) is 3.11. The van der Waals surface area contributed by atoms with Gasteiger partial charge in [-0.1, -0.05) is 0 Å². The minimum Gasteiger partial charge on any atom is -0.369 e. The molecule has 3 nitrogen and oxygen atoms in total. The normalized spacial score (nSPS) is 27.1. The molecular formula is C15H24N2O. The topological polar surface area (TPSA) is 48.1 Å². The van der Waals surface area contributed by atoms with Crippen molar-refractivity contribution in [3.63, 3.8) is 0 Å². The van der Waals surface area contributed by atoms with Crippen LogP contribution in [0.2, 0.25) is 0 Å². The number of nitrogens with zero attached hydrogens (tertiary/aromatic N) is 1. The van der Waals surface area contributed by atoms with Crippen molar-refractivity contribution >= 4 is 0 Å².